The van der Waals surface area contributed by atoms with Gasteiger partial charge in [-0.2, -0.15) is 0 Å². The van der Waals surface area contributed by atoms with Crippen LogP contribution in [0.5, 0.6) is 5.75 Å². The SMILES string of the molecule is O=C1C(CCC(O)c2cccc(Cl)c2)C(c2ccc(-c3ccc(P(=O)(O)O)cc3)c(O)c2)N1c1ccccc1. The van der Waals surface area contributed by atoms with E-state index in [2.05, 4.69) is 0 Å². The number of para-hydroxylation sites is 1. The molecule has 1 aliphatic rings. The van der Waals surface area contributed by atoms with Crippen molar-refractivity contribution in [2.75, 3.05) is 4.90 Å². The maximum absolute atomic E-state index is 13.3. The standard InChI is InChI=1S/C30H27ClNO6P/c31-22-6-4-5-20(17-22)27(33)16-15-26-29(32(30(26)35)23-7-2-1-3-8-23)21-11-14-25(28(34)18-21)19-9-12-24(13-10-19)39(36,37)38/h1-14,17-18,26-27,29,33-34H,15-16H2,(H2,36,37,38). The Hall–Kier alpha value is -3.45. The number of nitrogens with zero attached hydrogens (tertiary/aromatic N) is 1. The fourth-order valence-corrected chi connectivity index (χ4v) is 5.85. The van der Waals surface area contributed by atoms with Crippen molar-refractivity contribution in [1.82, 2.24) is 0 Å². The third-order valence-corrected chi connectivity index (χ3v) is 8.32. The third kappa shape index (κ3) is 5.64. The zero-order chi connectivity index (χ0) is 27.7. The predicted octanol–water partition coefficient (Wildman–Crippen LogP) is 5.73. The molecule has 1 fully saturated rings. The summed E-state index contributed by atoms with van der Waals surface area (Å²) in [5.74, 6) is -0.464. The van der Waals surface area contributed by atoms with Crippen molar-refractivity contribution in [2.45, 2.75) is 25.0 Å². The van der Waals surface area contributed by atoms with Gasteiger partial charge in [0.2, 0.25) is 5.91 Å². The number of hydrogen-bond acceptors (Lipinski definition) is 4. The van der Waals surface area contributed by atoms with Crippen LogP contribution in [0.1, 0.15) is 36.1 Å². The van der Waals surface area contributed by atoms with E-state index in [1.165, 1.54) is 12.1 Å². The fourth-order valence-electron chi connectivity index (χ4n) is 5.12. The smallest absolute Gasteiger partial charge is 0.356 e. The molecular formula is C30H27ClNO6P. The van der Waals surface area contributed by atoms with E-state index in [4.69, 9.17) is 11.6 Å². The molecule has 0 radical (unpaired) electrons. The fraction of sp³-hybridized carbons (Fsp3) is 0.167. The Morgan fingerprint density at radius 2 is 1.62 bits per heavy atom. The van der Waals surface area contributed by atoms with Gasteiger partial charge in [0.25, 0.3) is 0 Å². The lowest BCUT2D eigenvalue weighted by molar-refractivity contribution is -0.131. The lowest BCUT2D eigenvalue weighted by atomic mass is 9.78. The number of carbonyl (C=O) groups is 1. The zero-order valence-corrected chi connectivity index (χ0v) is 22.4. The van der Waals surface area contributed by atoms with Crippen molar-refractivity contribution in [3.8, 4) is 16.9 Å². The maximum Gasteiger partial charge on any atom is 0.356 e. The van der Waals surface area contributed by atoms with Crippen LogP contribution in [0.25, 0.3) is 11.1 Å². The molecule has 0 aromatic heterocycles. The van der Waals surface area contributed by atoms with E-state index in [9.17, 15) is 29.4 Å². The Morgan fingerprint density at radius 3 is 2.26 bits per heavy atom. The Bertz CT molecular complexity index is 1540. The predicted molar refractivity (Wildman–Crippen MR) is 151 cm³/mol. The summed E-state index contributed by atoms with van der Waals surface area (Å²) in [6, 6.07) is 27.0. The zero-order valence-electron chi connectivity index (χ0n) is 20.8. The Kier molecular flexibility index (Phi) is 7.63. The number of rotatable bonds is 8. The minimum atomic E-state index is -4.37. The first kappa shape index (κ1) is 27.1. The van der Waals surface area contributed by atoms with Crippen molar-refractivity contribution < 1.29 is 29.4 Å². The lowest BCUT2D eigenvalue weighted by Crippen LogP contribution is -2.55. The van der Waals surface area contributed by atoms with Crippen LogP contribution < -0.4 is 10.2 Å². The number of hydrogen-bond donors (Lipinski definition) is 4. The summed E-state index contributed by atoms with van der Waals surface area (Å²) in [6.45, 7) is 0. The van der Waals surface area contributed by atoms with Crippen molar-refractivity contribution in [2.24, 2.45) is 5.92 Å². The molecule has 0 saturated carbocycles. The molecule has 1 heterocycles. The molecule has 4 N–H and O–H groups in total. The van der Waals surface area contributed by atoms with Crippen molar-refractivity contribution >= 4 is 36.1 Å². The highest BCUT2D eigenvalue weighted by molar-refractivity contribution is 7.60. The molecule has 4 aromatic rings. The topological polar surface area (TPSA) is 118 Å². The van der Waals surface area contributed by atoms with Gasteiger partial charge in [0, 0.05) is 16.3 Å². The largest absolute Gasteiger partial charge is 0.507 e. The second-order valence-corrected chi connectivity index (χ2v) is 11.7. The summed E-state index contributed by atoms with van der Waals surface area (Å²) in [4.78, 5) is 33.8. The molecule has 9 heteroatoms. The van der Waals surface area contributed by atoms with E-state index in [0.717, 1.165) is 11.3 Å². The van der Waals surface area contributed by atoms with E-state index in [1.807, 2.05) is 36.4 Å². The molecule has 1 aliphatic heterocycles. The molecule has 0 bridgehead atoms. The number of β-lactam (4-membered cyclic amide) rings is 1. The van der Waals surface area contributed by atoms with Gasteiger partial charge in [-0.3, -0.25) is 9.36 Å². The van der Waals surface area contributed by atoms with Crippen LogP contribution in [0, 0.1) is 5.92 Å². The maximum atomic E-state index is 13.3. The van der Waals surface area contributed by atoms with Crippen LogP contribution in [-0.2, 0) is 9.36 Å². The van der Waals surface area contributed by atoms with Crippen molar-refractivity contribution in [3.05, 3.63) is 113 Å². The molecule has 3 unspecified atom stereocenters. The van der Waals surface area contributed by atoms with Crippen LogP contribution in [-0.4, -0.2) is 25.9 Å². The van der Waals surface area contributed by atoms with Gasteiger partial charge < -0.3 is 24.9 Å². The molecule has 39 heavy (non-hydrogen) atoms. The Balaban J connectivity index is 1.42. The second-order valence-electron chi connectivity index (χ2n) is 9.61. The number of phenolic OH excluding ortho intramolecular Hbond substituents is 1. The summed E-state index contributed by atoms with van der Waals surface area (Å²) in [6.07, 6.45) is 0.0356. The van der Waals surface area contributed by atoms with Gasteiger partial charge in [-0.15, -0.1) is 0 Å². The van der Waals surface area contributed by atoms with Gasteiger partial charge >= 0.3 is 7.60 Å². The molecule has 200 valence electrons. The number of benzene rings is 4. The number of anilines is 1. The molecule has 1 saturated heterocycles. The Morgan fingerprint density at radius 1 is 0.897 bits per heavy atom. The van der Waals surface area contributed by atoms with Gasteiger partial charge in [0.1, 0.15) is 5.75 Å². The number of phenols is 1. The second kappa shape index (κ2) is 11.0. The molecule has 3 atom stereocenters. The quantitative estimate of drug-likeness (QED) is 0.160. The van der Waals surface area contributed by atoms with Crippen LogP contribution >= 0.6 is 19.2 Å². The van der Waals surface area contributed by atoms with Gasteiger partial charge in [0.15, 0.2) is 0 Å². The lowest BCUT2D eigenvalue weighted by Gasteiger charge is -2.48. The molecule has 0 spiro atoms. The van der Waals surface area contributed by atoms with Crippen molar-refractivity contribution in [3.63, 3.8) is 0 Å². The first-order valence-electron chi connectivity index (χ1n) is 12.4. The third-order valence-electron chi connectivity index (χ3n) is 7.11. The first-order chi connectivity index (χ1) is 18.6. The van der Waals surface area contributed by atoms with E-state index in [0.29, 0.717) is 34.6 Å². The van der Waals surface area contributed by atoms with E-state index < -0.39 is 19.6 Å². The number of aromatic hydroxyl groups is 1. The van der Waals surface area contributed by atoms with Gasteiger partial charge in [0.05, 0.1) is 23.4 Å². The van der Waals surface area contributed by atoms with Crippen LogP contribution in [0.15, 0.2) is 97.1 Å². The highest BCUT2D eigenvalue weighted by Gasteiger charge is 2.48. The summed E-state index contributed by atoms with van der Waals surface area (Å²) in [7, 11) is -4.37. The summed E-state index contributed by atoms with van der Waals surface area (Å²) >= 11 is 6.07. The van der Waals surface area contributed by atoms with E-state index >= 15 is 0 Å². The normalized spacial score (nSPS) is 18.1. The molecule has 5 rings (SSSR count). The number of aliphatic hydroxyl groups excluding tert-OH is 1. The summed E-state index contributed by atoms with van der Waals surface area (Å²) < 4.78 is 11.5. The molecule has 7 nitrogen and oxygen atoms in total. The monoisotopic (exact) mass is 563 g/mol. The highest BCUT2D eigenvalue weighted by Crippen LogP contribution is 2.47. The summed E-state index contributed by atoms with van der Waals surface area (Å²) in [5.41, 5.74) is 3.28. The average Bonchev–Trinajstić information content (AvgIpc) is 2.91. The molecular weight excluding hydrogens is 537 g/mol. The van der Waals surface area contributed by atoms with Gasteiger partial charge in [-0.1, -0.05) is 66.2 Å². The van der Waals surface area contributed by atoms with Gasteiger partial charge in [-0.25, -0.2) is 0 Å². The Labute approximate surface area is 231 Å². The van der Waals surface area contributed by atoms with E-state index in [1.54, 1.807) is 53.4 Å². The summed E-state index contributed by atoms with van der Waals surface area (Å²) in [5, 5.41) is 22.1. The minimum Gasteiger partial charge on any atom is -0.507 e. The van der Waals surface area contributed by atoms with Crippen LogP contribution in [0.2, 0.25) is 5.02 Å². The number of halogens is 1. The average molecular weight is 564 g/mol. The minimum absolute atomic E-state index is 0.0125. The highest BCUT2D eigenvalue weighted by atomic mass is 35.5. The number of carbonyl (C=O) groups excluding carboxylic acids is 1. The molecule has 4 aromatic carbocycles. The van der Waals surface area contributed by atoms with E-state index in [-0.39, 0.29) is 23.0 Å². The van der Waals surface area contributed by atoms with Gasteiger partial charge in [-0.05, 0) is 72.0 Å². The van der Waals surface area contributed by atoms with Crippen LogP contribution in [0.3, 0.4) is 0 Å². The molecule has 0 aliphatic carbocycles. The number of amides is 1. The number of aliphatic hydroxyl groups is 1. The van der Waals surface area contributed by atoms with Crippen LogP contribution in [0.4, 0.5) is 5.69 Å². The first-order valence-corrected chi connectivity index (χ1v) is 14.4. The van der Waals surface area contributed by atoms with Crippen molar-refractivity contribution in [1.29, 1.82) is 0 Å². The molecule has 1 amide bonds.